The van der Waals surface area contributed by atoms with Gasteiger partial charge in [-0.15, -0.1) is 0 Å². The Labute approximate surface area is 149 Å². The number of hydrogen-bond donors (Lipinski definition) is 0. The average molecular weight is 341 g/mol. The van der Waals surface area contributed by atoms with Gasteiger partial charge in [0.25, 0.3) is 0 Å². The second-order valence-electron chi connectivity index (χ2n) is 7.70. The minimum atomic E-state index is 0.0720. The van der Waals surface area contributed by atoms with Gasteiger partial charge in [0.1, 0.15) is 0 Å². The van der Waals surface area contributed by atoms with Crippen LogP contribution in [0.2, 0.25) is 0 Å². The van der Waals surface area contributed by atoms with Crippen molar-refractivity contribution in [1.82, 2.24) is 14.8 Å². The summed E-state index contributed by atoms with van der Waals surface area (Å²) >= 11 is 0. The van der Waals surface area contributed by atoms with Crippen LogP contribution in [0.5, 0.6) is 0 Å². The Bertz CT molecular complexity index is 621. The smallest absolute Gasteiger partial charge is 0.226 e. The zero-order valence-corrected chi connectivity index (χ0v) is 14.8. The highest BCUT2D eigenvalue weighted by atomic mass is 16.2. The molecule has 3 fully saturated rings. The van der Waals surface area contributed by atoms with Crippen LogP contribution in [0.1, 0.15) is 56.6 Å². The van der Waals surface area contributed by atoms with Crippen molar-refractivity contribution in [3.05, 3.63) is 30.1 Å². The van der Waals surface area contributed by atoms with Crippen LogP contribution in [0.4, 0.5) is 0 Å². The van der Waals surface area contributed by atoms with Gasteiger partial charge in [-0.05, 0) is 50.2 Å². The van der Waals surface area contributed by atoms with E-state index in [4.69, 9.17) is 0 Å². The van der Waals surface area contributed by atoms with Crippen LogP contribution in [0.15, 0.2) is 24.5 Å². The number of hydrogen-bond acceptors (Lipinski definition) is 3. The summed E-state index contributed by atoms with van der Waals surface area (Å²) in [4.78, 5) is 33.7. The van der Waals surface area contributed by atoms with Crippen LogP contribution in [0, 0.1) is 11.8 Å². The summed E-state index contributed by atoms with van der Waals surface area (Å²) in [5.41, 5.74) is 1.14. The van der Waals surface area contributed by atoms with E-state index < -0.39 is 0 Å². The van der Waals surface area contributed by atoms with Crippen LogP contribution in [-0.2, 0) is 9.59 Å². The molecule has 1 aliphatic carbocycles. The summed E-state index contributed by atoms with van der Waals surface area (Å²) in [5, 5.41) is 0. The lowest BCUT2D eigenvalue weighted by molar-refractivity contribution is -0.144. The first kappa shape index (κ1) is 16.6. The molecule has 2 saturated heterocycles. The maximum atomic E-state index is 13.1. The molecule has 1 atom stereocenters. The van der Waals surface area contributed by atoms with E-state index in [1.165, 1.54) is 6.42 Å². The zero-order valence-electron chi connectivity index (χ0n) is 14.8. The van der Waals surface area contributed by atoms with Gasteiger partial charge in [0.2, 0.25) is 11.8 Å². The summed E-state index contributed by atoms with van der Waals surface area (Å²) < 4.78 is 0. The molecule has 1 aromatic rings. The summed E-state index contributed by atoms with van der Waals surface area (Å²) in [6.07, 6.45) is 10.7. The SMILES string of the molecule is O=C(C1CCC1)N1CCC(C(=O)N2CCCC2c2cccnc2)CC1. The Morgan fingerprint density at radius 2 is 1.68 bits per heavy atom. The Morgan fingerprint density at radius 1 is 0.920 bits per heavy atom. The third kappa shape index (κ3) is 3.29. The monoisotopic (exact) mass is 341 g/mol. The van der Waals surface area contributed by atoms with Crippen molar-refractivity contribution in [3.63, 3.8) is 0 Å². The van der Waals surface area contributed by atoms with Gasteiger partial charge in [0.05, 0.1) is 6.04 Å². The average Bonchev–Trinajstić information content (AvgIpc) is 3.10. The molecule has 0 aromatic carbocycles. The van der Waals surface area contributed by atoms with Crippen LogP contribution < -0.4 is 0 Å². The first-order chi connectivity index (χ1) is 12.2. The van der Waals surface area contributed by atoms with Gasteiger partial charge in [0.15, 0.2) is 0 Å². The number of carbonyl (C=O) groups is 2. The highest BCUT2D eigenvalue weighted by Crippen LogP contribution is 2.35. The molecule has 0 spiro atoms. The number of likely N-dealkylation sites (tertiary alicyclic amines) is 2. The molecule has 2 amide bonds. The fraction of sp³-hybridized carbons (Fsp3) is 0.650. The molecule has 134 valence electrons. The Kier molecular flexibility index (Phi) is 4.73. The van der Waals surface area contributed by atoms with Gasteiger partial charge >= 0.3 is 0 Å². The summed E-state index contributed by atoms with van der Waals surface area (Å²) in [7, 11) is 0. The molecular formula is C20H27N3O2. The molecule has 5 nitrogen and oxygen atoms in total. The Morgan fingerprint density at radius 3 is 2.32 bits per heavy atom. The lowest BCUT2D eigenvalue weighted by Crippen LogP contribution is -2.46. The van der Waals surface area contributed by atoms with Crippen molar-refractivity contribution in [1.29, 1.82) is 0 Å². The van der Waals surface area contributed by atoms with Crippen molar-refractivity contribution >= 4 is 11.8 Å². The lowest BCUT2D eigenvalue weighted by atomic mass is 9.83. The minimum absolute atomic E-state index is 0.0720. The quantitative estimate of drug-likeness (QED) is 0.849. The Hall–Kier alpha value is -1.91. The second kappa shape index (κ2) is 7.14. The van der Waals surface area contributed by atoms with Crippen molar-refractivity contribution in [3.8, 4) is 0 Å². The molecule has 0 radical (unpaired) electrons. The first-order valence-electron chi connectivity index (χ1n) is 9.73. The van der Waals surface area contributed by atoms with E-state index in [-0.39, 0.29) is 23.8 Å². The van der Waals surface area contributed by atoms with E-state index in [0.717, 1.165) is 63.7 Å². The van der Waals surface area contributed by atoms with Gasteiger partial charge in [-0.2, -0.15) is 0 Å². The number of piperidine rings is 1. The highest BCUT2D eigenvalue weighted by molar-refractivity contribution is 5.82. The summed E-state index contributed by atoms with van der Waals surface area (Å²) in [6.45, 7) is 2.34. The van der Waals surface area contributed by atoms with E-state index in [1.54, 1.807) is 6.20 Å². The van der Waals surface area contributed by atoms with E-state index in [0.29, 0.717) is 5.91 Å². The topological polar surface area (TPSA) is 53.5 Å². The molecule has 2 aliphatic heterocycles. The molecule has 0 N–H and O–H groups in total. The normalized spacial score (nSPS) is 25.0. The van der Waals surface area contributed by atoms with Crippen LogP contribution in [0.25, 0.3) is 0 Å². The van der Waals surface area contributed by atoms with Gasteiger partial charge < -0.3 is 9.80 Å². The number of pyridine rings is 1. The zero-order chi connectivity index (χ0) is 17.2. The van der Waals surface area contributed by atoms with E-state index in [9.17, 15) is 9.59 Å². The van der Waals surface area contributed by atoms with Crippen molar-refractivity contribution in [2.75, 3.05) is 19.6 Å². The minimum Gasteiger partial charge on any atom is -0.342 e. The molecule has 1 aromatic heterocycles. The predicted molar refractivity (Wildman–Crippen MR) is 94.6 cm³/mol. The molecular weight excluding hydrogens is 314 g/mol. The molecule has 3 aliphatic rings. The molecule has 25 heavy (non-hydrogen) atoms. The Balaban J connectivity index is 1.36. The summed E-state index contributed by atoms with van der Waals surface area (Å²) in [5.74, 6) is 0.942. The van der Waals surface area contributed by atoms with Crippen molar-refractivity contribution in [2.45, 2.75) is 51.0 Å². The third-order valence-corrected chi connectivity index (χ3v) is 6.22. The number of aromatic nitrogens is 1. The van der Waals surface area contributed by atoms with Gasteiger partial charge in [0, 0.05) is 43.9 Å². The third-order valence-electron chi connectivity index (χ3n) is 6.22. The lowest BCUT2D eigenvalue weighted by Gasteiger charge is -2.37. The fourth-order valence-electron chi connectivity index (χ4n) is 4.44. The van der Waals surface area contributed by atoms with Gasteiger partial charge in [-0.25, -0.2) is 0 Å². The molecule has 5 heteroatoms. The second-order valence-corrected chi connectivity index (χ2v) is 7.70. The number of rotatable bonds is 3. The fourth-order valence-corrected chi connectivity index (χ4v) is 4.44. The predicted octanol–water partition coefficient (Wildman–Crippen LogP) is 2.78. The number of nitrogens with zero attached hydrogens (tertiary/aromatic N) is 3. The van der Waals surface area contributed by atoms with Crippen molar-refractivity contribution in [2.24, 2.45) is 11.8 Å². The van der Waals surface area contributed by atoms with Gasteiger partial charge in [-0.1, -0.05) is 12.5 Å². The van der Waals surface area contributed by atoms with E-state index in [1.807, 2.05) is 17.2 Å². The van der Waals surface area contributed by atoms with Crippen LogP contribution in [0.3, 0.4) is 0 Å². The number of amides is 2. The van der Waals surface area contributed by atoms with Crippen molar-refractivity contribution < 1.29 is 9.59 Å². The molecule has 3 heterocycles. The number of carbonyl (C=O) groups excluding carboxylic acids is 2. The van der Waals surface area contributed by atoms with Gasteiger partial charge in [-0.3, -0.25) is 14.6 Å². The largest absolute Gasteiger partial charge is 0.342 e. The first-order valence-corrected chi connectivity index (χ1v) is 9.73. The molecule has 1 unspecified atom stereocenters. The molecule has 1 saturated carbocycles. The summed E-state index contributed by atoms with van der Waals surface area (Å²) in [6, 6.07) is 4.19. The maximum Gasteiger partial charge on any atom is 0.226 e. The van der Waals surface area contributed by atoms with E-state index >= 15 is 0 Å². The standard InChI is InChI=1S/C20H27N3O2/c24-19(15-4-1-5-15)22-12-8-16(9-13-22)20(25)23-11-3-7-18(23)17-6-2-10-21-14-17/h2,6,10,14-16,18H,1,3-5,7-9,11-13H2. The van der Waals surface area contributed by atoms with Crippen LogP contribution in [-0.4, -0.2) is 46.2 Å². The van der Waals surface area contributed by atoms with E-state index in [2.05, 4.69) is 16.0 Å². The highest BCUT2D eigenvalue weighted by Gasteiger charge is 2.37. The molecule has 0 bridgehead atoms. The van der Waals surface area contributed by atoms with Crippen LogP contribution >= 0.6 is 0 Å². The molecule has 4 rings (SSSR count). The maximum absolute atomic E-state index is 13.1.